The minimum atomic E-state index is -1.22. The van der Waals surface area contributed by atoms with E-state index in [4.69, 9.17) is 9.47 Å². The van der Waals surface area contributed by atoms with Gasteiger partial charge in [0.2, 0.25) is 0 Å². The number of carbonyl (C=O) groups excluding carboxylic acids is 1. The summed E-state index contributed by atoms with van der Waals surface area (Å²) in [5, 5.41) is 19.3. The molecule has 0 unspecified atom stereocenters. The number of phenols is 1. The molecule has 1 fully saturated rings. The Morgan fingerprint density at radius 3 is 2.61 bits per heavy atom. The maximum atomic E-state index is 12.9. The molecule has 0 bridgehead atoms. The maximum absolute atomic E-state index is 12.9. The largest absolute Gasteiger partial charge is 0.508 e. The standard InChI is InChI=1S/C22H22N2O6S/c1-4-24-20(26)19(11-13-6-9-17(30-5-2)18(10-13)29-3)31-22(24)23-16-8-7-14(25)12-15(16)21(27)28/h6-12,25H,4-5H2,1-3H3,(H,27,28)/b19-11-,23-22?. The van der Waals surface area contributed by atoms with Crippen LogP contribution in [0.4, 0.5) is 5.69 Å². The van der Waals surface area contributed by atoms with Gasteiger partial charge in [-0.3, -0.25) is 9.69 Å². The van der Waals surface area contributed by atoms with Crippen LogP contribution in [0.1, 0.15) is 29.8 Å². The van der Waals surface area contributed by atoms with Crippen LogP contribution >= 0.6 is 11.8 Å². The van der Waals surface area contributed by atoms with Crippen molar-refractivity contribution in [2.75, 3.05) is 20.3 Å². The highest BCUT2D eigenvalue weighted by molar-refractivity contribution is 8.18. The number of thioether (sulfide) groups is 1. The van der Waals surface area contributed by atoms with Crippen molar-refractivity contribution in [1.82, 2.24) is 4.90 Å². The van der Waals surface area contributed by atoms with Crippen molar-refractivity contribution < 1.29 is 29.3 Å². The average molecular weight is 442 g/mol. The number of phenolic OH excluding ortho intramolecular Hbond substituents is 1. The number of carboxylic acids is 1. The Hall–Kier alpha value is -3.46. The number of amidine groups is 1. The van der Waals surface area contributed by atoms with Gasteiger partial charge >= 0.3 is 5.97 Å². The maximum Gasteiger partial charge on any atom is 0.338 e. The Kier molecular flexibility index (Phi) is 6.86. The summed E-state index contributed by atoms with van der Waals surface area (Å²) < 4.78 is 10.9. The lowest BCUT2D eigenvalue weighted by molar-refractivity contribution is -0.122. The van der Waals surface area contributed by atoms with Gasteiger partial charge in [0.25, 0.3) is 5.91 Å². The second-order valence-electron chi connectivity index (χ2n) is 6.40. The zero-order chi connectivity index (χ0) is 22.5. The first-order valence-corrected chi connectivity index (χ1v) is 10.4. The number of methoxy groups -OCH3 is 1. The Morgan fingerprint density at radius 1 is 1.19 bits per heavy atom. The second-order valence-corrected chi connectivity index (χ2v) is 7.41. The van der Waals surface area contributed by atoms with Gasteiger partial charge in [0.05, 0.1) is 29.9 Å². The van der Waals surface area contributed by atoms with Crippen molar-refractivity contribution in [3.8, 4) is 17.2 Å². The van der Waals surface area contributed by atoms with Crippen molar-refractivity contribution >= 4 is 40.6 Å². The lowest BCUT2D eigenvalue weighted by Gasteiger charge is -2.12. The predicted molar refractivity (Wildman–Crippen MR) is 119 cm³/mol. The second kappa shape index (κ2) is 9.57. The summed E-state index contributed by atoms with van der Waals surface area (Å²) in [5.41, 5.74) is 0.762. The summed E-state index contributed by atoms with van der Waals surface area (Å²) in [6.07, 6.45) is 1.73. The van der Waals surface area contributed by atoms with E-state index in [2.05, 4.69) is 4.99 Å². The number of aromatic hydroxyl groups is 1. The molecule has 0 spiro atoms. The summed E-state index contributed by atoms with van der Waals surface area (Å²) >= 11 is 1.15. The van der Waals surface area contributed by atoms with E-state index in [0.717, 1.165) is 23.4 Å². The van der Waals surface area contributed by atoms with Gasteiger partial charge in [0.1, 0.15) is 5.75 Å². The molecular formula is C22H22N2O6S. The van der Waals surface area contributed by atoms with E-state index in [1.165, 1.54) is 17.0 Å². The molecule has 1 aliphatic heterocycles. The van der Waals surface area contributed by atoms with E-state index in [0.29, 0.717) is 34.7 Å². The van der Waals surface area contributed by atoms with E-state index in [-0.39, 0.29) is 22.9 Å². The fourth-order valence-corrected chi connectivity index (χ4v) is 4.02. The Bertz CT molecular complexity index is 1080. The van der Waals surface area contributed by atoms with E-state index in [9.17, 15) is 19.8 Å². The fraction of sp³-hybridized carbons (Fsp3) is 0.227. The zero-order valence-electron chi connectivity index (χ0n) is 17.3. The fourth-order valence-electron chi connectivity index (χ4n) is 2.97. The lowest BCUT2D eigenvalue weighted by Crippen LogP contribution is -2.28. The van der Waals surface area contributed by atoms with Crippen molar-refractivity contribution in [3.63, 3.8) is 0 Å². The summed E-state index contributed by atoms with van der Waals surface area (Å²) in [6.45, 7) is 4.57. The highest BCUT2D eigenvalue weighted by Gasteiger charge is 2.32. The van der Waals surface area contributed by atoms with Gasteiger partial charge in [-0.25, -0.2) is 9.79 Å². The van der Waals surface area contributed by atoms with Crippen LogP contribution in [0, 0.1) is 0 Å². The molecule has 0 aliphatic carbocycles. The average Bonchev–Trinajstić information content (AvgIpc) is 3.04. The van der Waals surface area contributed by atoms with Gasteiger partial charge in [-0.2, -0.15) is 0 Å². The summed E-state index contributed by atoms with van der Waals surface area (Å²) in [5.74, 6) is -0.444. The Balaban J connectivity index is 1.97. The van der Waals surface area contributed by atoms with Crippen LogP contribution in [0.5, 0.6) is 17.2 Å². The molecule has 31 heavy (non-hydrogen) atoms. The monoisotopic (exact) mass is 442 g/mol. The molecule has 9 heteroatoms. The van der Waals surface area contributed by atoms with E-state index in [1.54, 1.807) is 25.3 Å². The molecule has 8 nitrogen and oxygen atoms in total. The lowest BCUT2D eigenvalue weighted by atomic mass is 10.1. The number of hydrogen-bond donors (Lipinski definition) is 2. The third-order valence-electron chi connectivity index (χ3n) is 4.42. The first kappa shape index (κ1) is 22.2. The SMILES string of the molecule is CCOc1ccc(/C=C2\SC(=Nc3ccc(O)cc3C(=O)O)N(CC)C2=O)cc1OC. The van der Waals surface area contributed by atoms with Crippen LogP contribution in [0.15, 0.2) is 46.3 Å². The number of hydrogen-bond acceptors (Lipinski definition) is 7. The molecule has 1 amide bonds. The van der Waals surface area contributed by atoms with Crippen molar-refractivity contribution in [1.29, 1.82) is 0 Å². The minimum Gasteiger partial charge on any atom is -0.508 e. The number of likely N-dealkylation sites (N-methyl/N-ethyl adjacent to an activating group) is 1. The van der Waals surface area contributed by atoms with Gasteiger partial charge in [-0.15, -0.1) is 0 Å². The smallest absolute Gasteiger partial charge is 0.338 e. The third-order valence-corrected chi connectivity index (χ3v) is 5.42. The van der Waals surface area contributed by atoms with Crippen LogP contribution in [-0.2, 0) is 4.79 Å². The summed E-state index contributed by atoms with van der Waals surface area (Å²) in [6, 6.07) is 9.27. The number of benzene rings is 2. The normalized spacial score (nSPS) is 16.2. The topological polar surface area (TPSA) is 109 Å². The number of aliphatic imine (C=N–C) groups is 1. The molecule has 0 atom stereocenters. The molecule has 2 N–H and O–H groups in total. The van der Waals surface area contributed by atoms with Crippen molar-refractivity contribution in [2.24, 2.45) is 4.99 Å². The zero-order valence-corrected chi connectivity index (χ0v) is 18.1. The van der Waals surface area contributed by atoms with Gasteiger partial charge < -0.3 is 19.7 Å². The van der Waals surface area contributed by atoms with Gasteiger partial charge in [0, 0.05) is 6.54 Å². The molecule has 1 heterocycles. The molecule has 1 saturated heterocycles. The molecule has 2 aromatic rings. The number of carboxylic acid groups (broad SMARTS) is 1. The van der Waals surface area contributed by atoms with E-state index >= 15 is 0 Å². The van der Waals surface area contributed by atoms with Crippen LogP contribution in [0.3, 0.4) is 0 Å². The van der Waals surface area contributed by atoms with Crippen LogP contribution in [-0.4, -0.2) is 52.4 Å². The van der Waals surface area contributed by atoms with Crippen molar-refractivity contribution in [2.45, 2.75) is 13.8 Å². The third kappa shape index (κ3) is 4.83. The molecule has 0 radical (unpaired) electrons. The number of aromatic carboxylic acids is 1. The van der Waals surface area contributed by atoms with E-state index in [1.807, 2.05) is 19.9 Å². The van der Waals surface area contributed by atoms with Crippen molar-refractivity contribution in [3.05, 3.63) is 52.4 Å². The number of nitrogens with zero attached hydrogens (tertiary/aromatic N) is 2. The first-order valence-electron chi connectivity index (χ1n) is 9.55. The summed E-state index contributed by atoms with van der Waals surface area (Å²) in [7, 11) is 1.55. The highest BCUT2D eigenvalue weighted by Crippen LogP contribution is 2.36. The number of ether oxygens (including phenoxy) is 2. The quantitative estimate of drug-likeness (QED) is 0.621. The predicted octanol–water partition coefficient (Wildman–Crippen LogP) is 4.12. The van der Waals surface area contributed by atoms with Crippen LogP contribution in [0.25, 0.3) is 6.08 Å². The first-order chi connectivity index (χ1) is 14.9. The molecule has 0 saturated carbocycles. The number of carbonyl (C=O) groups is 2. The van der Waals surface area contributed by atoms with E-state index < -0.39 is 5.97 Å². The van der Waals surface area contributed by atoms with Crippen LogP contribution in [0.2, 0.25) is 0 Å². The Morgan fingerprint density at radius 2 is 1.97 bits per heavy atom. The molecule has 3 rings (SSSR count). The van der Waals surface area contributed by atoms with Gasteiger partial charge in [0.15, 0.2) is 16.7 Å². The van der Waals surface area contributed by atoms with Gasteiger partial charge in [-0.1, -0.05) is 6.07 Å². The highest BCUT2D eigenvalue weighted by atomic mass is 32.2. The number of rotatable bonds is 7. The summed E-state index contributed by atoms with van der Waals surface area (Å²) in [4.78, 5) is 30.7. The molecule has 162 valence electrons. The van der Waals surface area contributed by atoms with Gasteiger partial charge in [-0.05, 0) is 67.6 Å². The minimum absolute atomic E-state index is 0.148. The molecule has 1 aliphatic rings. The number of amides is 1. The molecule has 0 aromatic heterocycles. The molecular weight excluding hydrogens is 420 g/mol. The Labute approximate surface area is 183 Å². The van der Waals surface area contributed by atoms with Crippen LogP contribution < -0.4 is 9.47 Å². The molecule has 2 aromatic carbocycles.